The number of aromatic amines is 2. The van der Waals surface area contributed by atoms with E-state index in [1.165, 1.54) is 0 Å². The third kappa shape index (κ3) is 3.63. The fraction of sp³-hybridized carbons (Fsp3) is 0.167. The number of para-hydroxylation sites is 1. The highest BCUT2D eigenvalue weighted by atomic mass is 16.5. The molecule has 23 heavy (non-hydrogen) atoms. The summed E-state index contributed by atoms with van der Waals surface area (Å²) < 4.78 is 11.4. The minimum Gasteiger partial charge on any atom is -0.493 e. The van der Waals surface area contributed by atoms with Gasteiger partial charge in [-0.15, -0.1) is 0 Å². The maximum Gasteiger partial charge on any atom is 0.323 e. The lowest BCUT2D eigenvalue weighted by molar-refractivity contribution is 0.282. The van der Waals surface area contributed by atoms with Crippen LogP contribution < -0.4 is 15.2 Å². The van der Waals surface area contributed by atoms with Gasteiger partial charge in [0.25, 0.3) is 0 Å². The van der Waals surface area contributed by atoms with Gasteiger partial charge in [0, 0.05) is 23.9 Å². The smallest absolute Gasteiger partial charge is 0.323 e. The van der Waals surface area contributed by atoms with Gasteiger partial charge in [-0.2, -0.15) is 0 Å². The highest BCUT2D eigenvalue weighted by Gasteiger charge is 2.12. The Kier molecular flexibility index (Phi) is 4.47. The highest BCUT2D eigenvalue weighted by molar-refractivity contribution is 5.48. The van der Waals surface area contributed by atoms with Crippen molar-refractivity contribution in [1.82, 2.24) is 9.97 Å². The molecule has 0 aliphatic carbocycles. The van der Waals surface area contributed by atoms with Gasteiger partial charge in [0.15, 0.2) is 11.5 Å². The molecular weight excluding hydrogens is 292 g/mol. The predicted octanol–water partition coefficient (Wildman–Crippen LogP) is 2.88. The van der Waals surface area contributed by atoms with Crippen LogP contribution in [-0.4, -0.2) is 17.1 Å². The Hall–Kier alpha value is -2.95. The number of imidazole rings is 1. The zero-order valence-corrected chi connectivity index (χ0v) is 12.8. The van der Waals surface area contributed by atoms with Crippen molar-refractivity contribution in [2.24, 2.45) is 0 Å². The second kappa shape index (κ2) is 6.87. The van der Waals surface area contributed by atoms with Crippen LogP contribution in [0.1, 0.15) is 16.8 Å². The Morgan fingerprint density at radius 1 is 1.04 bits per heavy atom. The van der Waals surface area contributed by atoms with E-state index in [1.54, 1.807) is 13.3 Å². The van der Waals surface area contributed by atoms with Crippen molar-refractivity contribution in [1.29, 1.82) is 0 Å². The molecular formula is C18H18N2O3. The van der Waals surface area contributed by atoms with E-state index in [0.29, 0.717) is 24.5 Å². The lowest BCUT2D eigenvalue weighted by Crippen LogP contribution is -2.03. The van der Waals surface area contributed by atoms with Gasteiger partial charge in [0.2, 0.25) is 0 Å². The molecule has 118 valence electrons. The summed E-state index contributed by atoms with van der Waals surface area (Å²) in [5, 5.41) is 0. The topological polar surface area (TPSA) is 67.1 Å². The number of hydrogen-bond acceptors (Lipinski definition) is 3. The normalized spacial score (nSPS) is 10.5. The molecule has 3 aromatic rings. The number of aromatic nitrogens is 2. The Balaban J connectivity index is 1.85. The molecule has 0 saturated carbocycles. The summed E-state index contributed by atoms with van der Waals surface area (Å²) in [6.07, 6.45) is 2.23. The molecule has 5 heteroatoms. The number of H-pyrrole nitrogens is 2. The monoisotopic (exact) mass is 310 g/mol. The van der Waals surface area contributed by atoms with E-state index in [0.717, 1.165) is 16.8 Å². The van der Waals surface area contributed by atoms with E-state index in [-0.39, 0.29) is 5.69 Å². The van der Waals surface area contributed by atoms with Crippen LogP contribution in [0.5, 0.6) is 11.5 Å². The maximum absolute atomic E-state index is 11.2. The highest BCUT2D eigenvalue weighted by Crippen LogP contribution is 2.32. The summed E-state index contributed by atoms with van der Waals surface area (Å²) in [5.41, 5.74) is 2.62. The first-order valence-corrected chi connectivity index (χ1v) is 7.35. The number of hydrogen-bond donors (Lipinski definition) is 2. The Labute approximate surface area is 133 Å². The zero-order valence-electron chi connectivity index (χ0n) is 12.8. The number of nitrogens with one attached hydrogen (secondary N) is 2. The fourth-order valence-electron chi connectivity index (χ4n) is 2.43. The van der Waals surface area contributed by atoms with Crippen molar-refractivity contribution in [3.05, 3.63) is 82.0 Å². The summed E-state index contributed by atoms with van der Waals surface area (Å²) in [7, 11) is 1.62. The lowest BCUT2D eigenvalue weighted by Gasteiger charge is -2.15. The zero-order chi connectivity index (χ0) is 16.1. The van der Waals surface area contributed by atoms with Crippen LogP contribution in [-0.2, 0) is 13.0 Å². The van der Waals surface area contributed by atoms with Crippen molar-refractivity contribution < 1.29 is 9.47 Å². The van der Waals surface area contributed by atoms with E-state index in [1.807, 2.05) is 48.5 Å². The number of ether oxygens (including phenoxy) is 2. The van der Waals surface area contributed by atoms with Crippen LogP contribution in [0.4, 0.5) is 0 Å². The molecule has 0 bridgehead atoms. The third-order valence-electron chi connectivity index (χ3n) is 3.54. The molecule has 0 aliphatic rings. The van der Waals surface area contributed by atoms with Gasteiger partial charge in [-0.25, -0.2) is 4.79 Å². The second-order valence-electron chi connectivity index (χ2n) is 5.17. The molecule has 2 N–H and O–H groups in total. The summed E-state index contributed by atoms with van der Waals surface area (Å²) in [5.74, 6) is 1.37. The Morgan fingerprint density at radius 3 is 2.57 bits per heavy atom. The molecule has 0 radical (unpaired) electrons. The SMILES string of the molecule is COc1cccc(Cc2c[nH]c(=O)[nH]2)c1OCc1ccccc1. The van der Waals surface area contributed by atoms with Crippen molar-refractivity contribution in [3.8, 4) is 11.5 Å². The van der Waals surface area contributed by atoms with Crippen molar-refractivity contribution in [3.63, 3.8) is 0 Å². The fourth-order valence-corrected chi connectivity index (χ4v) is 2.43. The summed E-state index contributed by atoms with van der Waals surface area (Å²) in [4.78, 5) is 16.6. The molecule has 0 amide bonds. The minimum atomic E-state index is -0.213. The Bertz CT molecular complexity index is 822. The molecule has 0 spiro atoms. The maximum atomic E-state index is 11.2. The molecule has 5 nitrogen and oxygen atoms in total. The van der Waals surface area contributed by atoms with Gasteiger partial charge in [-0.3, -0.25) is 0 Å². The van der Waals surface area contributed by atoms with E-state index >= 15 is 0 Å². The predicted molar refractivity (Wildman–Crippen MR) is 88.0 cm³/mol. The molecule has 1 aromatic heterocycles. The van der Waals surface area contributed by atoms with Crippen LogP contribution in [0.15, 0.2) is 59.5 Å². The van der Waals surface area contributed by atoms with Gasteiger partial charge < -0.3 is 19.4 Å². The molecule has 3 rings (SSSR count). The number of methoxy groups -OCH3 is 1. The first-order chi connectivity index (χ1) is 11.3. The molecule has 0 aliphatic heterocycles. The standard InChI is InChI=1S/C18H18N2O3/c1-22-16-9-5-8-14(10-15-11-19-18(21)20-15)17(16)23-12-13-6-3-2-4-7-13/h2-9,11H,10,12H2,1H3,(H2,19,20,21). The largest absolute Gasteiger partial charge is 0.493 e. The third-order valence-corrected chi connectivity index (χ3v) is 3.54. The van der Waals surface area contributed by atoms with E-state index < -0.39 is 0 Å². The summed E-state index contributed by atoms with van der Waals surface area (Å²) >= 11 is 0. The quantitative estimate of drug-likeness (QED) is 0.735. The molecule has 1 heterocycles. The van der Waals surface area contributed by atoms with Crippen molar-refractivity contribution in [2.45, 2.75) is 13.0 Å². The van der Waals surface area contributed by atoms with Crippen molar-refractivity contribution >= 4 is 0 Å². The molecule has 0 fully saturated rings. The van der Waals surface area contributed by atoms with E-state index in [2.05, 4.69) is 9.97 Å². The van der Waals surface area contributed by atoms with Gasteiger partial charge in [-0.1, -0.05) is 42.5 Å². The van der Waals surface area contributed by atoms with Crippen LogP contribution in [0.3, 0.4) is 0 Å². The van der Waals surface area contributed by atoms with Gasteiger partial charge in [0.05, 0.1) is 7.11 Å². The van der Waals surface area contributed by atoms with E-state index in [4.69, 9.17) is 9.47 Å². The van der Waals surface area contributed by atoms with E-state index in [9.17, 15) is 4.79 Å². The number of benzene rings is 2. The van der Waals surface area contributed by atoms with Gasteiger partial charge in [0.1, 0.15) is 6.61 Å². The number of rotatable bonds is 6. The average molecular weight is 310 g/mol. The van der Waals surface area contributed by atoms with Gasteiger partial charge >= 0.3 is 5.69 Å². The van der Waals surface area contributed by atoms with Crippen LogP contribution in [0.25, 0.3) is 0 Å². The van der Waals surface area contributed by atoms with Gasteiger partial charge in [-0.05, 0) is 11.6 Å². The van der Waals surface area contributed by atoms with Crippen molar-refractivity contribution in [2.75, 3.05) is 7.11 Å². The molecule has 2 aromatic carbocycles. The minimum absolute atomic E-state index is 0.213. The molecule has 0 saturated heterocycles. The molecule has 0 atom stereocenters. The second-order valence-corrected chi connectivity index (χ2v) is 5.17. The first-order valence-electron chi connectivity index (χ1n) is 7.35. The van der Waals surface area contributed by atoms with Crippen LogP contribution in [0, 0.1) is 0 Å². The summed E-state index contributed by atoms with van der Waals surface area (Å²) in [6, 6.07) is 15.7. The average Bonchev–Trinajstić information content (AvgIpc) is 2.99. The van der Waals surface area contributed by atoms with Crippen LogP contribution >= 0.6 is 0 Å². The first kappa shape index (κ1) is 15.0. The lowest BCUT2D eigenvalue weighted by atomic mass is 10.1. The Morgan fingerprint density at radius 2 is 1.87 bits per heavy atom. The summed E-state index contributed by atoms with van der Waals surface area (Å²) in [6.45, 7) is 0.456. The van der Waals surface area contributed by atoms with Crippen LogP contribution in [0.2, 0.25) is 0 Å². The molecule has 0 unspecified atom stereocenters.